The Morgan fingerprint density at radius 1 is 1.13 bits per heavy atom. The first-order chi connectivity index (χ1) is 7.08. The molecule has 0 fully saturated rings. The van der Waals surface area contributed by atoms with Crippen molar-refractivity contribution in [1.82, 2.24) is 5.32 Å². The highest BCUT2D eigenvalue weighted by molar-refractivity contribution is 9.10. The molecule has 15 heavy (non-hydrogen) atoms. The molecule has 0 bridgehead atoms. The van der Waals surface area contributed by atoms with Gasteiger partial charge in [-0.1, -0.05) is 41.9 Å². The largest absolute Gasteiger partial charge is 0.314 e. The molecule has 0 aliphatic heterocycles. The van der Waals surface area contributed by atoms with E-state index in [1.807, 2.05) is 0 Å². The van der Waals surface area contributed by atoms with Crippen molar-refractivity contribution >= 4 is 15.9 Å². The summed E-state index contributed by atoms with van der Waals surface area (Å²) in [4.78, 5) is 0. The topological polar surface area (TPSA) is 12.0 Å². The lowest BCUT2D eigenvalue weighted by molar-refractivity contribution is 0.482. The van der Waals surface area contributed by atoms with Crippen molar-refractivity contribution in [3.05, 3.63) is 34.3 Å². The first-order valence-corrected chi connectivity index (χ1v) is 6.35. The zero-order chi connectivity index (χ0) is 11.3. The number of halogens is 1. The second kappa shape index (κ2) is 6.29. The van der Waals surface area contributed by atoms with Crippen molar-refractivity contribution in [2.45, 2.75) is 33.2 Å². The first kappa shape index (κ1) is 12.7. The van der Waals surface area contributed by atoms with Crippen LogP contribution in [0.5, 0.6) is 0 Å². The molecule has 2 heteroatoms. The van der Waals surface area contributed by atoms with Gasteiger partial charge in [0.05, 0.1) is 0 Å². The van der Waals surface area contributed by atoms with E-state index in [1.54, 1.807) is 0 Å². The number of nitrogens with one attached hydrogen (secondary N) is 1. The number of benzene rings is 1. The molecule has 0 amide bonds. The molecule has 0 aromatic heterocycles. The Balaban J connectivity index is 2.37. The normalized spacial score (nSPS) is 13.1. The second-order valence-corrected chi connectivity index (χ2v) is 5.45. The molecule has 0 heterocycles. The molecule has 1 rings (SSSR count). The van der Waals surface area contributed by atoms with E-state index in [-0.39, 0.29) is 0 Å². The Morgan fingerprint density at radius 2 is 1.73 bits per heavy atom. The molecule has 1 aromatic carbocycles. The van der Waals surface area contributed by atoms with E-state index in [4.69, 9.17) is 0 Å². The Morgan fingerprint density at radius 3 is 2.27 bits per heavy atom. The molecular formula is C13H20BrN. The zero-order valence-corrected chi connectivity index (χ0v) is 11.3. The zero-order valence-electron chi connectivity index (χ0n) is 9.76. The maximum absolute atomic E-state index is 3.53. The van der Waals surface area contributed by atoms with Crippen LogP contribution in [-0.4, -0.2) is 12.6 Å². The minimum absolute atomic E-state index is 0.550. The van der Waals surface area contributed by atoms with Crippen LogP contribution >= 0.6 is 15.9 Å². The van der Waals surface area contributed by atoms with Crippen molar-refractivity contribution in [3.63, 3.8) is 0 Å². The molecule has 1 unspecified atom stereocenters. The van der Waals surface area contributed by atoms with Crippen LogP contribution in [0.3, 0.4) is 0 Å². The minimum Gasteiger partial charge on any atom is -0.314 e. The van der Waals surface area contributed by atoms with Crippen molar-refractivity contribution in [2.24, 2.45) is 5.92 Å². The predicted octanol–water partition coefficient (Wildman–Crippen LogP) is 3.63. The summed E-state index contributed by atoms with van der Waals surface area (Å²) >= 11 is 3.45. The van der Waals surface area contributed by atoms with Gasteiger partial charge in [-0.25, -0.2) is 0 Å². The van der Waals surface area contributed by atoms with Crippen LogP contribution < -0.4 is 5.32 Å². The highest BCUT2D eigenvalue weighted by Crippen LogP contribution is 2.11. The number of rotatable bonds is 5. The maximum Gasteiger partial charge on any atom is 0.0175 e. The quantitative estimate of drug-likeness (QED) is 0.861. The third kappa shape index (κ3) is 5.33. The lowest BCUT2D eigenvalue weighted by Crippen LogP contribution is -2.31. The summed E-state index contributed by atoms with van der Waals surface area (Å²) in [6.45, 7) is 7.81. The SMILES string of the molecule is CC(C)CNC(C)Cc1ccc(Br)cc1. The van der Waals surface area contributed by atoms with Gasteiger partial charge in [-0.05, 0) is 43.5 Å². The average Bonchev–Trinajstić information content (AvgIpc) is 2.19. The summed E-state index contributed by atoms with van der Waals surface area (Å²) < 4.78 is 1.15. The fourth-order valence-electron chi connectivity index (χ4n) is 1.48. The van der Waals surface area contributed by atoms with Crippen LogP contribution in [0.4, 0.5) is 0 Å². The van der Waals surface area contributed by atoms with Crippen LogP contribution in [-0.2, 0) is 6.42 Å². The fraction of sp³-hybridized carbons (Fsp3) is 0.538. The van der Waals surface area contributed by atoms with Crippen LogP contribution in [0.1, 0.15) is 26.3 Å². The minimum atomic E-state index is 0.550. The molecule has 0 aliphatic carbocycles. The van der Waals surface area contributed by atoms with E-state index >= 15 is 0 Å². The van der Waals surface area contributed by atoms with E-state index in [0.29, 0.717) is 6.04 Å². The molecule has 1 N–H and O–H groups in total. The van der Waals surface area contributed by atoms with E-state index in [0.717, 1.165) is 23.4 Å². The smallest absolute Gasteiger partial charge is 0.0175 e. The summed E-state index contributed by atoms with van der Waals surface area (Å²) in [6.07, 6.45) is 1.10. The standard InChI is InChI=1S/C13H20BrN/c1-10(2)9-15-11(3)8-12-4-6-13(14)7-5-12/h4-7,10-11,15H,8-9H2,1-3H3. The van der Waals surface area contributed by atoms with Crippen molar-refractivity contribution in [2.75, 3.05) is 6.54 Å². The van der Waals surface area contributed by atoms with Gasteiger partial charge in [0, 0.05) is 10.5 Å². The van der Waals surface area contributed by atoms with Gasteiger partial charge in [-0.2, -0.15) is 0 Å². The van der Waals surface area contributed by atoms with E-state index in [2.05, 4.69) is 66.3 Å². The number of hydrogen-bond acceptors (Lipinski definition) is 1. The van der Waals surface area contributed by atoms with Crippen LogP contribution in [0.2, 0.25) is 0 Å². The van der Waals surface area contributed by atoms with Gasteiger partial charge in [-0.3, -0.25) is 0 Å². The monoisotopic (exact) mass is 269 g/mol. The lowest BCUT2D eigenvalue weighted by Gasteiger charge is -2.15. The van der Waals surface area contributed by atoms with Crippen LogP contribution in [0, 0.1) is 5.92 Å². The highest BCUT2D eigenvalue weighted by Gasteiger charge is 2.03. The Bertz CT molecular complexity index is 279. The molecule has 0 saturated heterocycles. The summed E-state index contributed by atoms with van der Waals surface area (Å²) in [5.41, 5.74) is 1.39. The lowest BCUT2D eigenvalue weighted by atomic mass is 10.1. The van der Waals surface area contributed by atoms with Gasteiger partial charge in [0.15, 0.2) is 0 Å². The third-order valence-electron chi connectivity index (χ3n) is 2.33. The Kier molecular flexibility index (Phi) is 5.34. The molecule has 0 radical (unpaired) electrons. The summed E-state index contributed by atoms with van der Waals surface area (Å²) in [6, 6.07) is 9.11. The van der Waals surface area contributed by atoms with E-state index in [1.165, 1.54) is 5.56 Å². The summed E-state index contributed by atoms with van der Waals surface area (Å²) in [5.74, 6) is 0.720. The van der Waals surface area contributed by atoms with Crippen molar-refractivity contribution in [1.29, 1.82) is 0 Å². The van der Waals surface area contributed by atoms with Gasteiger partial charge in [0.1, 0.15) is 0 Å². The van der Waals surface area contributed by atoms with Gasteiger partial charge in [-0.15, -0.1) is 0 Å². The molecule has 0 aliphatic rings. The third-order valence-corrected chi connectivity index (χ3v) is 2.86. The summed E-state index contributed by atoms with van der Waals surface area (Å²) in [5, 5.41) is 3.53. The Hall–Kier alpha value is -0.340. The molecule has 0 saturated carbocycles. The van der Waals surface area contributed by atoms with E-state index in [9.17, 15) is 0 Å². The van der Waals surface area contributed by atoms with Crippen LogP contribution in [0.15, 0.2) is 28.7 Å². The van der Waals surface area contributed by atoms with Crippen LogP contribution in [0.25, 0.3) is 0 Å². The van der Waals surface area contributed by atoms with Gasteiger partial charge in [0.2, 0.25) is 0 Å². The second-order valence-electron chi connectivity index (χ2n) is 4.53. The van der Waals surface area contributed by atoms with Crippen molar-refractivity contribution in [3.8, 4) is 0 Å². The molecule has 1 nitrogen and oxygen atoms in total. The van der Waals surface area contributed by atoms with Gasteiger partial charge >= 0.3 is 0 Å². The molecule has 1 aromatic rings. The molecule has 1 atom stereocenters. The predicted molar refractivity (Wildman–Crippen MR) is 70.1 cm³/mol. The molecular weight excluding hydrogens is 250 g/mol. The fourth-order valence-corrected chi connectivity index (χ4v) is 1.75. The molecule has 0 spiro atoms. The summed E-state index contributed by atoms with van der Waals surface area (Å²) in [7, 11) is 0. The van der Waals surface area contributed by atoms with Crippen molar-refractivity contribution < 1.29 is 0 Å². The van der Waals surface area contributed by atoms with E-state index < -0.39 is 0 Å². The number of hydrogen-bond donors (Lipinski definition) is 1. The maximum atomic E-state index is 3.53. The van der Waals surface area contributed by atoms with Gasteiger partial charge in [0.25, 0.3) is 0 Å². The highest BCUT2D eigenvalue weighted by atomic mass is 79.9. The molecule has 84 valence electrons. The average molecular weight is 270 g/mol. The Labute approximate surface area is 101 Å². The first-order valence-electron chi connectivity index (χ1n) is 5.55. The van der Waals surface area contributed by atoms with Gasteiger partial charge < -0.3 is 5.32 Å².